The molecule has 0 radical (unpaired) electrons. The van der Waals surface area contributed by atoms with Crippen LogP contribution in [0.2, 0.25) is 0 Å². The number of likely N-dealkylation sites (tertiary alicyclic amines) is 1. The molecule has 2 rings (SSSR count). The third-order valence-electron chi connectivity index (χ3n) is 3.20. The summed E-state index contributed by atoms with van der Waals surface area (Å²) in [6, 6.07) is 7.13. The second-order valence-corrected chi connectivity index (χ2v) is 5.21. The van der Waals surface area contributed by atoms with Crippen LogP contribution in [-0.2, 0) is 0 Å². The zero-order valence-electron chi connectivity index (χ0n) is 11.7. The molecule has 1 N–H and O–H groups in total. The Morgan fingerprint density at radius 3 is 2.55 bits per heavy atom. The molecule has 0 aliphatic carbocycles. The summed E-state index contributed by atoms with van der Waals surface area (Å²) in [5, 5.41) is 3.31. The zero-order chi connectivity index (χ0) is 14.4. The van der Waals surface area contributed by atoms with Gasteiger partial charge < -0.3 is 9.64 Å². The smallest absolute Gasteiger partial charge is 0.257 e. The number of nitrogens with zero attached hydrogens (tertiary/aromatic N) is 1. The van der Waals surface area contributed by atoms with Gasteiger partial charge in [-0.2, -0.15) is 0 Å². The maximum absolute atomic E-state index is 12.1. The Hall–Kier alpha value is -1.62. The topological polar surface area (TPSA) is 41.6 Å². The molecule has 1 aromatic carbocycles. The monoisotopic (exact) mass is 292 g/mol. The first-order chi connectivity index (χ1) is 9.70. The van der Waals surface area contributed by atoms with Crippen molar-refractivity contribution in [2.75, 3.05) is 19.7 Å². The molecule has 5 heteroatoms. The summed E-state index contributed by atoms with van der Waals surface area (Å²) in [6.07, 6.45) is 3.24. The van der Waals surface area contributed by atoms with Crippen LogP contribution in [0.3, 0.4) is 0 Å². The van der Waals surface area contributed by atoms with Gasteiger partial charge in [-0.3, -0.25) is 10.1 Å². The van der Waals surface area contributed by atoms with Crippen LogP contribution in [0.15, 0.2) is 24.3 Å². The quantitative estimate of drug-likeness (QED) is 0.866. The molecule has 4 nitrogen and oxygen atoms in total. The molecule has 1 amide bonds. The van der Waals surface area contributed by atoms with E-state index >= 15 is 0 Å². The third-order valence-corrected chi connectivity index (χ3v) is 3.56. The predicted molar refractivity (Wildman–Crippen MR) is 83.1 cm³/mol. The summed E-state index contributed by atoms with van der Waals surface area (Å²) in [5.41, 5.74) is 0.593. The Bertz CT molecular complexity index is 467. The van der Waals surface area contributed by atoms with Crippen molar-refractivity contribution in [2.24, 2.45) is 0 Å². The highest BCUT2D eigenvalue weighted by molar-refractivity contribution is 7.80. The summed E-state index contributed by atoms with van der Waals surface area (Å²) in [5.74, 6) is 0.620. The first-order valence-corrected chi connectivity index (χ1v) is 7.44. The van der Waals surface area contributed by atoms with Crippen molar-refractivity contribution in [2.45, 2.75) is 26.2 Å². The van der Waals surface area contributed by atoms with E-state index in [-0.39, 0.29) is 5.91 Å². The van der Waals surface area contributed by atoms with Gasteiger partial charge in [0.1, 0.15) is 5.75 Å². The van der Waals surface area contributed by atoms with E-state index in [0.717, 1.165) is 38.1 Å². The molecule has 108 valence electrons. The normalized spacial score (nSPS) is 14.2. The van der Waals surface area contributed by atoms with Crippen molar-refractivity contribution in [1.29, 1.82) is 0 Å². The molecule has 0 atom stereocenters. The van der Waals surface area contributed by atoms with Crippen molar-refractivity contribution in [3.63, 3.8) is 0 Å². The SMILES string of the molecule is CCCOc1ccc(C(=O)NC(=S)N2CCCC2)cc1. The maximum atomic E-state index is 12.1. The number of carbonyl (C=O) groups is 1. The fraction of sp³-hybridized carbons (Fsp3) is 0.467. The Labute approximate surface area is 125 Å². The standard InChI is InChI=1S/C15H20N2O2S/c1-2-11-19-13-7-5-12(6-8-13)14(18)16-15(20)17-9-3-4-10-17/h5-8H,2-4,9-11H2,1H3,(H,16,18,20). The molecule has 1 aliphatic heterocycles. The molecule has 20 heavy (non-hydrogen) atoms. The van der Waals surface area contributed by atoms with E-state index in [4.69, 9.17) is 17.0 Å². The Kier molecular flexibility index (Phi) is 5.35. The molecule has 1 fully saturated rings. The summed E-state index contributed by atoms with van der Waals surface area (Å²) in [7, 11) is 0. The maximum Gasteiger partial charge on any atom is 0.257 e. The number of rotatable bonds is 4. The van der Waals surface area contributed by atoms with E-state index in [0.29, 0.717) is 17.3 Å². The van der Waals surface area contributed by atoms with Gasteiger partial charge in [0, 0.05) is 18.7 Å². The highest BCUT2D eigenvalue weighted by Crippen LogP contribution is 2.13. The van der Waals surface area contributed by atoms with Crippen molar-refractivity contribution >= 4 is 23.2 Å². The van der Waals surface area contributed by atoms with Crippen LogP contribution in [0.4, 0.5) is 0 Å². The highest BCUT2D eigenvalue weighted by atomic mass is 32.1. The van der Waals surface area contributed by atoms with E-state index in [1.807, 2.05) is 17.0 Å². The van der Waals surface area contributed by atoms with Gasteiger partial charge in [-0.15, -0.1) is 0 Å². The van der Waals surface area contributed by atoms with E-state index in [9.17, 15) is 4.79 Å². The number of hydrogen-bond acceptors (Lipinski definition) is 3. The third kappa shape index (κ3) is 3.93. The molecule has 0 spiro atoms. The lowest BCUT2D eigenvalue weighted by atomic mass is 10.2. The highest BCUT2D eigenvalue weighted by Gasteiger charge is 2.17. The number of ether oxygens (including phenoxy) is 1. The summed E-state index contributed by atoms with van der Waals surface area (Å²) >= 11 is 5.24. The minimum atomic E-state index is -0.163. The molecule has 0 bridgehead atoms. The van der Waals surface area contributed by atoms with Crippen molar-refractivity contribution < 1.29 is 9.53 Å². The number of thiocarbonyl (C=S) groups is 1. The van der Waals surface area contributed by atoms with E-state index in [1.165, 1.54) is 0 Å². The van der Waals surface area contributed by atoms with Crippen molar-refractivity contribution in [3.8, 4) is 5.75 Å². The van der Waals surface area contributed by atoms with Crippen LogP contribution >= 0.6 is 12.2 Å². The first-order valence-electron chi connectivity index (χ1n) is 7.04. The zero-order valence-corrected chi connectivity index (χ0v) is 12.5. The molecule has 1 aliphatic rings. The lowest BCUT2D eigenvalue weighted by Crippen LogP contribution is -2.41. The average Bonchev–Trinajstić information content (AvgIpc) is 3.00. The minimum absolute atomic E-state index is 0.163. The van der Waals surface area contributed by atoms with Gasteiger partial charge in [0.05, 0.1) is 6.61 Å². The molecule has 0 saturated carbocycles. The van der Waals surface area contributed by atoms with Gasteiger partial charge in [0.25, 0.3) is 5.91 Å². The van der Waals surface area contributed by atoms with Gasteiger partial charge in [-0.05, 0) is 55.7 Å². The molecular formula is C15H20N2O2S. The van der Waals surface area contributed by atoms with Gasteiger partial charge in [0.15, 0.2) is 5.11 Å². The molecule has 0 aromatic heterocycles. The summed E-state index contributed by atoms with van der Waals surface area (Å²) in [6.45, 7) is 4.61. The van der Waals surface area contributed by atoms with Gasteiger partial charge in [0.2, 0.25) is 0 Å². The lowest BCUT2D eigenvalue weighted by Gasteiger charge is -2.18. The van der Waals surface area contributed by atoms with Gasteiger partial charge >= 0.3 is 0 Å². The Morgan fingerprint density at radius 2 is 1.95 bits per heavy atom. The average molecular weight is 292 g/mol. The fourth-order valence-electron chi connectivity index (χ4n) is 2.09. The van der Waals surface area contributed by atoms with Crippen LogP contribution in [0, 0.1) is 0 Å². The first kappa shape index (κ1) is 14.8. The van der Waals surface area contributed by atoms with E-state index in [2.05, 4.69) is 12.2 Å². The van der Waals surface area contributed by atoms with Gasteiger partial charge in [-0.25, -0.2) is 0 Å². The van der Waals surface area contributed by atoms with Crippen LogP contribution in [-0.4, -0.2) is 35.6 Å². The van der Waals surface area contributed by atoms with E-state index < -0.39 is 0 Å². The van der Waals surface area contributed by atoms with Crippen molar-refractivity contribution in [3.05, 3.63) is 29.8 Å². The number of hydrogen-bond donors (Lipinski definition) is 1. The van der Waals surface area contributed by atoms with E-state index in [1.54, 1.807) is 12.1 Å². The second kappa shape index (κ2) is 7.24. The Balaban J connectivity index is 1.89. The largest absolute Gasteiger partial charge is 0.494 e. The molecule has 1 saturated heterocycles. The van der Waals surface area contributed by atoms with Gasteiger partial charge in [-0.1, -0.05) is 6.92 Å². The molecular weight excluding hydrogens is 272 g/mol. The summed E-state index contributed by atoms with van der Waals surface area (Å²) in [4.78, 5) is 14.1. The molecule has 1 aromatic rings. The Morgan fingerprint density at radius 1 is 1.30 bits per heavy atom. The second-order valence-electron chi connectivity index (χ2n) is 4.83. The number of benzene rings is 1. The van der Waals surface area contributed by atoms with Crippen LogP contribution in [0.25, 0.3) is 0 Å². The van der Waals surface area contributed by atoms with Crippen LogP contribution in [0.5, 0.6) is 5.75 Å². The van der Waals surface area contributed by atoms with Crippen molar-refractivity contribution in [1.82, 2.24) is 10.2 Å². The predicted octanol–water partition coefficient (Wildman–Crippen LogP) is 2.59. The molecule has 0 unspecified atom stereocenters. The number of amides is 1. The number of nitrogens with one attached hydrogen (secondary N) is 1. The fourth-order valence-corrected chi connectivity index (χ4v) is 2.37. The lowest BCUT2D eigenvalue weighted by molar-refractivity contribution is 0.0974. The number of carbonyl (C=O) groups excluding carboxylic acids is 1. The van der Waals surface area contributed by atoms with Crippen LogP contribution < -0.4 is 10.1 Å². The minimum Gasteiger partial charge on any atom is -0.494 e. The summed E-state index contributed by atoms with van der Waals surface area (Å²) < 4.78 is 5.49. The van der Waals surface area contributed by atoms with Crippen LogP contribution in [0.1, 0.15) is 36.5 Å². The molecule has 1 heterocycles.